The van der Waals surface area contributed by atoms with Crippen LogP contribution in [0.5, 0.6) is 0 Å². The van der Waals surface area contributed by atoms with Crippen LogP contribution in [-0.4, -0.2) is 17.6 Å². The zero-order valence-corrected chi connectivity index (χ0v) is 8.45. The number of aliphatic carboxylic acids is 1. The maximum Gasteiger partial charge on any atom is 0.312 e. The highest BCUT2D eigenvalue weighted by Gasteiger charge is 2.19. The number of rotatable bonds is 3. The minimum atomic E-state index is -0.862. The van der Waals surface area contributed by atoms with Gasteiger partial charge in [-0.05, 0) is 25.0 Å². The molecule has 3 N–H and O–H groups in total. The summed E-state index contributed by atoms with van der Waals surface area (Å²) < 4.78 is 0. The molecule has 0 saturated carbocycles. The third-order valence-electron chi connectivity index (χ3n) is 2.33. The maximum absolute atomic E-state index is 10.9. The zero-order chi connectivity index (χ0) is 10.7. The second-order valence-electron chi connectivity index (χ2n) is 3.49. The van der Waals surface area contributed by atoms with Gasteiger partial charge in [0.1, 0.15) is 0 Å². The number of nitrogens with two attached hydrogens (primary N) is 1. The lowest BCUT2D eigenvalue weighted by atomic mass is 9.94. The number of carboxylic acids is 1. The van der Waals surface area contributed by atoms with E-state index in [-0.39, 0.29) is 6.54 Å². The van der Waals surface area contributed by atoms with Crippen molar-refractivity contribution in [3.8, 4) is 0 Å². The summed E-state index contributed by atoms with van der Waals surface area (Å²) in [6.45, 7) is 4.03. The Labute approximate surface area is 83.6 Å². The summed E-state index contributed by atoms with van der Waals surface area (Å²) in [6, 6.07) is 5.73. The molecule has 1 atom stereocenters. The molecule has 76 valence electrons. The zero-order valence-electron chi connectivity index (χ0n) is 8.45. The molecule has 3 heteroatoms. The standard InChI is InChI=1S/C11H15NO2/c1-7-3-4-9(8(2)5-7)10(6-12)11(13)14/h3-5,10H,6,12H2,1-2H3,(H,13,14). The van der Waals surface area contributed by atoms with E-state index in [9.17, 15) is 4.79 Å². The van der Waals surface area contributed by atoms with Crippen molar-refractivity contribution in [1.82, 2.24) is 0 Å². The van der Waals surface area contributed by atoms with Gasteiger partial charge in [-0.3, -0.25) is 4.79 Å². The van der Waals surface area contributed by atoms with E-state index >= 15 is 0 Å². The number of aryl methyl sites for hydroxylation is 2. The minimum absolute atomic E-state index is 0.138. The maximum atomic E-state index is 10.9. The molecule has 0 amide bonds. The van der Waals surface area contributed by atoms with E-state index < -0.39 is 11.9 Å². The van der Waals surface area contributed by atoms with Gasteiger partial charge >= 0.3 is 5.97 Å². The molecule has 0 fully saturated rings. The van der Waals surface area contributed by atoms with Crippen molar-refractivity contribution in [2.45, 2.75) is 19.8 Å². The van der Waals surface area contributed by atoms with Crippen LogP contribution >= 0.6 is 0 Å². The molecule has 0 spiro atoms. The van der Waals surface area contributed by atoms with E-state index in [1.807, 2.05) is 32.0 Å². The largest absolute Gasteiger partial charge is 0.481 e. The number of hydrogen-bond donors (Lipinski definition) is 2. The van der Waals surface area contributed by atoms with Crippen molar-refractivity contribution in [2.24, 2.45) is 5.73 Å². The average Bonchev–Trinajstić information content (AvgIpc) is 2.09. The normalized spacial score (nSPS) is 12.5. The number of benzene rings is 1. The molecule has 0 bridgehead atoms. The molecule has 0 saturated heterocycles. The van der Waals surface area contributed by atoms with Crippen LogP contribution < -0.4 is 5.73 Å². The van der Waals surface area contributed by atoms with Crippen molar-refractivity contribution in [1.29, 1.82) is 0 Å². The SMILES string of the molecule is Cc1ccc(C(CN)C(=O)O)c(C)c1. The second kappa shape index (κ2) is 4.24. The first-order valence-electron chi connectivity index (χ1n) is 4.56. The Morgan fingerprint density at radius 1 is 1.50 bits per heavy atom. The van der Waals surface area contributed by atoms with Crippen LogP contribution in [-0.2, 0) is 4.79 Å². The van der Waals surface area contributed by atoms with Gasteiger partial charge < -0.3 is 10.8 Å². The number of carbonyl (C=O) groups is 1. The van der Waals surface area contributed by atoms with Crippen LogP contribution in [0.25, 0.3) is 0 Å². The summed E-state index contributed by atoms with van der Waals surface area (Å²) in [4.78, 5) is 10.9. The second-order valence-corrected chi connectivity index (χ2v) is 3.49. The molecular weight excluding hydrogens is 178 g/mol. The van der Waals surface area contributed by atoms with Crippen LogP contribution in [0.4, 0.5) is 0 Å². The Kier molecular flexibility index (Phi) is 3.25. The van der Waals surface area contributed by atoms with Crippen molar-refractivity contribution in [3.05, 3.63) is 34.9 Å². The Balaban J connectivity index is 3.10. The van der Waals surface area contributed by atoms with Crippen LogP contribution in [0.1, 0.15) is 22.6 Å². The fraction of sp³-hybridized carbons (Fsp3) is 0.364. The van der Waals surface area contributed by atoms with E-state index in [0.717, 1.165) is 16.7 Å². The van der Waals surface area contributed by atoms with Gasteiger partial charge in [-0.25, -0.2) is 0 Å². The Morgan fingerprint density at radius 3 is 2.57 bits per heavy atom. The summed E-state index contributed by atoms with van der Waals surface area (Å²) in [6.07, 6.45) is 0. The fourth-order valence-electron chi connectivity index (χ4n) is 1.58. The van der Waals surface area contributed by atoms with Crippen LogP contribution in [0, 0.1) is 13.8 Å². The average molecular weight is 193 g/mol. The first-order chi connectivity index (χ1) is 6.56. The molecule has 0 aromatic heterocycles. The molecule has 0 heterocycles. The lowest BCUT2D eigenvalue weighted by Gasteiger charge is -2.13. The monoisotopic (exact) mass is 193 g/mol. The van der Waals surface area contributed by atoms with Gasteiger partial charge in [-0.1, -0.05) is 23.8 Å². The van der Waals surface area contributed by atoms with Gasteiger partial charge in [0.15, 0.2) is 0 Å². The molecule has 3 nitrogen and oxygen atoms in total. The van der Waals surface area contributed by atoms with E-state index in [0.29, 0.717) is 0 Å². The summed E-state index contributed by atoms with van der Waals surface area (Å²) in [5, 5.41) is 8.94. The minimum Gasteiger partial charge on any atom is -0.481 e. The number of hydrogen-bond acceptors (Lipinski definition) is 2. The van der Waals surface area contributed by atoms with Crippen LogP contribution in [0.2, 0.25) is 0 Å². The molecule has 0 aliphatic heterocycles. The van der Waals surface area contributed by atoms with Crippen LogP contribution in [0.3, 0.4) is 0 Å². The van der Waals surface area contributed by atoms with Gasteiger partial charge in [0, 0.05) is 6.54 Å². The van der Waals surface area contributed by atoms with Gasteiger partial charge in [-0.2, -0.15) is 0 Å². The molecule has 1 aromatic carbocycles. The molecule has 0 radical (unpaired) electrons. The summed E-state index contributed by atoms with van der Waals surface area (Å²) in [7, 11) is 0. The Hall–Kier alpha value is -1.35. The van der Waals surface area contributed by atoms with Gasteiger partial charge in [0.25, 0.3) is 0 Å². The molecule has 0 aliphatic carbocycles. The first-order valence-corrected chi connectivity index (χ1v) is 4.56. The van der Waals surface area contributed by atoms with Gasteiger partial charge in [0.2, 0.25) is 0 Å². The highest BCUT2D eigenvalue weighted by atomic mass is 16.4. The van der Waals surface area contributed by atoms with Crippen molar-refractivity contribution >= 4 is 5.97 Å². The molecule has 1 aromatic rings. The third kappa shape index (κ3) is 2.12. The van der Waals surface area contributed by atoms with Gasteiger partial charge in [-0.15, -0.1) is 0 Å². The summed E-state index contributed by atoms with van der Waals surface area (Å²) in [5.74, 6) is -1.45. The number of carboxylic acid groups (broad SMARTS) is 1. The third-order valence-corrected chi connectivity index (χ3v) is 2.33. The predicted octanol–water partition coefficient (Wildman–Crippen LogP) is 1.43. The first kappa shape index (κ1) is 10.7. The van der Waals surface area contributed by atoms with Gasteiger partial charge in [0.05, 0.1) is 5.92 Å². The topological polar surface area (TPSA) is 63.3 Å². The highest BCUT2D eigenvalue weighted by molar-refractivity contribution is 5.77. The smallest absolute Gasteiger partial charge is 0.312 e. The van der Waals surface area contributed by atoms with Crippen molar-refractivity contribution in [3.63, 3.8) is 0 Å². The molecule has 1 unspecified atom stereocenters. The molecule has 14 heavy (non-hydrogen) atoms. The van der Waals surface area contributed by atoms with E-state index in [1.165, 1.54) is 0 Å². The van der Waals surface area contributed by atoms with E-state index in [2.05, 4.69) is 0 Å². The highest BCUT2D eigenvalue weighted by Crippen LogP contribution is 2.20. The van der Waals surface area contributed by atoms with Crippen LogP contribution in [0.15, 0.2) is 18.2 Å². The molecule has 1 rings (SSSR count). The molecular formula is C11H15NO2. The van der Waals surface area contributed by atoms with E-state index in [1.54, 1.807) is 0 Å². The summed E-state index contributed by atoms with van der Waals surface area (Å²) in [5.41, 5.74) is 8.36. The predicted molar refractivity (Wildman–Crippen MR) is 55.3 cm³/mol. The lowest BCUT2D eigenvalue weighted by molar-refractivity contribution is -0.138. The van der Waals surface area contributed by atoms with E-state index in [4.69, 9.17) is 10.8 Å². The van der Waals surface area contributed by atoms with Crippen molar-refractivity contribution < 1.29 is 9.90 Å². The Morgan fingerprint density at radius 2 is 2.14 bits per heavy atom. The molecule has 0 aliphatic rings. The van der Waals surface area contributed by atoms with Crippen molar-refractivity contribution in [2.75, 3.05) is 6.54 Å². The summed E-state index contributed by atoms with van der Waals surface area (Å²) >= 11 is 0. The quantitative estimate of drug-likeness (QED) is 0.763. The Bertz CT molecular complexity index is 347. The fourth-order valence-corrected chi connectivity index (χ4v) is 1.58. The lowest BCUT2D eigenvalue weighted by Crippen LogP contribution is -2.21.